The highest BCUT2D eigenvalue weighted by molar-refractivity contribution is 5.96. The number of anilines is 1. The lowest BCUT2D eigenvalue weighted by Crippen LogP contribution is -2.47. The van der Waals surface area contributed by atoms with E-state index in [0.29, 0.717) is 25.1 Å². The Morgan fingerprint density at radius 3 is 2.66 bits per heavy atom. The molecule has 6 nitrogen and oxygen atoms in total. The van der Waals surface area contributed by atoms with Crippen LogP contribution in [-0.2, 0) is 7.05 Å². The molecule has 7 heteroatoms. The van der Waals surface area contributed by atoms with Gasteiger partial charge < -0.3 is 19.5 Å². The third-order valence-electron chi connectivity index (χ3n) is 6.07. The van der Waals surface area contributed by atoms with Crippen LogP contribution in [0.25, 0.3) is 0 Å². The number of piperazine rings is 1. The van der Waals surface area contributed by atoms with Gasteiger partial charge in [0.25, 0.3) is 5.91 Å². The molecule has 1 amide bonds. The van der Waals surface area contributed by atoms with Crippen molar-refractivity contribution in [3.05, 3.63) is 53.6 Å². The van der Waals surface area contributed by atoms with Gasteiger partial charge in [0.15, 0.2) is 0 Å². The number of hydrogen-bond donors (Lipinski definition) is 1. The van der Waals surface area contributed by atoms with Gasteiger partial charge >= 0.3 is 0 Å². The molecule has 0 bridgehead atoms. The van der Waals surface area contributed by atoms with E-state index in [1.807, 2.05) is 34.8 Å². The van der Waals surface area contributed by atoms with Gasteiger partial charge in [-0.25, -0.2) is 4.39 Å². The Bertz CT molecular complexity index is 860. The largest absolute Gasteiger partial charge is 0.387 e. The molecular weight excluding hydrogens is 371 g/mol. The minimum Gasteiger partial charge on any atom is -0.387 e. The average molecular weight is 400 g/mol. The van der Waals surface area contributed by atoms with Crippen LogP contribution in [0.3, 0.4) is 0 Å². The molecule has 1 aromatic heterocycles. The van der Waals surface area contributed by atoms with Gasteiger partial charge in [0.2, 0.25) is 0 Å². The van der Waals surface area contributed by atoms with Crippen LogP contribution in [0, 0.1) is 5.82 Å². The van der Waals surface area contributed by atoms with Crippen molar-refractivity contribution in [2.45, 2.75) is 18.9 Å². The molecule has 156 valence electrons. The Morgan fingerprint density at radius 2 is 1.90 bits per heavy atom. The molecular formula is C22H29FN4O2. The second-order valence-electron chi connectivity index (χ2n) is 7.98. The smallest absolute Gasteiger partial charge is 0.255 e. The minimum absolute atomic E-state index is 0.0214. The molecule has 1 saturated heterocycles. The van der Waals surface area contributed by atoms with Crippen molar-refractivity contribution < 1.29 is 14.3 Å². The van der Waals surface area contributed by atoms with Crippen LogP contribution in [0.1, 0.15) is 35.0 Å². The Labute approximate surface area is 171 Å². The van der Waals surface area contributed by atoms with Gasteiger partial charge in [0, 0.05) is 58.2 Å². The maximum atomic E-state index is 13.4. The molecule has 1 unspecified atom stereocenters. The van der Waals surface area contributed by atoms with E-state index in [-0.39, 0.29) is 11.7 Å². The van der Waals surface area contributed by atoms with Gasteiger partial charge in [0.1, 0.15) is 5.82 Å². The zero-order chi connectivity index (χ0) is 20.4. The van der Waals surface area contributed by atoms with E-state index in [1.165, 1.54) is 6.07 Å². The Kier molecular flexibility index (Phi) is 5.87. The van der Waals surface area contributed by atoms with Crippen LogP contribution in [0.15, 0.2) is 36.5 Å². The summed E-state index contributed by atoms with van der Waals surface area (Å²) >= 11 is 0. The summed E-state index contributed by atoms with van der Waals surface area (Å²) in [4.78, 5) is 19.4. The highest BCUT2D eigenvalue weighted by atomic mass is 19.1. The number of aliphatic hydroxyl groups excluding tert-OH is 1. The number of carbonyl (C=O) groups is 1. The van der Waals surface area contributed by atoms with Crippen molar-refractivity contribution in [2.75, 3.05) is 50.7 Å². The van der Waals surface area contributed by atoms with Crippen LogP contribution in [0.4, 0.5) is 10.1 Å². The molecule has 0 saturated carbocycles. The minimum atomic E-state index is -0.588. The third kappa shape index (κ3) is 4.31. The fraction of sp³-hybridized carbons (Fsp3) is 0.500. The van der Waals surface area contributed by atoms with Crippen LogP contribution in [0.2, 0.25) is 0 Å². The number of hydrogen-bond acceptors (Lipinski definition) is 4. The van der Waals surface area contributed by atoms with E-state index < -0.39 is 6.10 Å². The number of nitrogens with zero attached hydrogens (tertiary/aromatic N) is 4. The van der Waals surface area contributed by atoms with E-state index in [1.54, 1.807) is 12.1 Å². The first-order valence-electron chi connectivity index (χ1n) is 10.4. The SMILES string of the molecule is Cn1ccc2c1C(O)CCN(CCCN1CCN(c3cccc(F)c3)CC1)C2=O. The zero-order valence-corrected chi connectivity index (χ0v) is 16.9. The number of amides is 1. The molecule has 4 rings (SSSR count). The Balaban J connectivity index is 1.26. The third-order valence-corrected chi connectivity index (χ3v) is 6.07. The summed E-state index contributed by atoms with van der Waals surface area (Å²) in [6, 6.07) is 8.58. The molecule has 1 aromatic carbocycles. The standard InChI is InChI=1S/C22H29FN4O2/c1-24-10-6-19-21(24)20(28)7-11-27(22(19)29)9-3-8-25-12-14-26(15-13-25)18-5-2-4-17(23)16-18/h2,4-6,10,16,20,28H,3,7-9,11-15H2,1H3. The number of benzene rings is 1. The normalized spacial score (nSPS) is 20.7. The molecule has 0 radical (unpaired) electrons. The quantitative estimate of drug-likeness (QED) is 0.837. The zero-order valence-electron chi connectivity index (χ0n) is 16.9. The van der Waals surface area contributed by atoms with E-state index in [0.717, 1.165) is 50.5 Å². The molecule has 3 heterocycles. The second-order valence-corrected chi connectivity index (χ2v) is 7.98. The first kappa shape index (κ1) is 19.9. The van der Waals surface area contributed by atoms with E-state index >= 15 is 0 Å². The van der Waals surface area contributed by atoms with Crippen molar-refractivity contribution >= 4 is 11.6 Å². The highest BCUT2D eigenvalue weighted by Crippen LogP contribution is 2.27. The lowest BCUT2D eigenvalue weighted by molar-refractivity contribution is 0.0738. The van der Waals surface area contributed by atoms with Crippen LogP contribution >= 0.6 is 0 Å². The fourth-order valence-electron chi connectivity index (χ4n) is 4.43. The number of aromatic nitrogens is 1. The predicted molar refractivity (Wildman–Crippen MR) is 111 cm³/mol. The van der Waals surface area contributed by atoms with E-state index in [2.05, 4.69) is 9.80 Å². The van der Waals surface area contributed by atoms with E-state index in [9.17, 15) is 14.3 Å². The fourth-order valence-corrected chi connectivity index (χ4v) is 4.43. The molecule has 1 N–H and O–H groups in total. The number of aliphatic hydroxyl groups is 1. The maximum absolute atomic E-state index is 13.4. The summed E-state index contributed by atoms with van der Waals surface area (Å²) in [6.45, 7) is 5.85. The summed E-state index contributed by atoms with van der Waals surface area (Å²) in [5.74, 6) is -0.174. The maximum Gasteiger partial charge on any atom is 0.255 e. The highest BCUT2D eigenvalue weighted by Gasteiger charge is 2.29. The number of rotatable bonds is 5. The molecule has 1 atom stereocenters. The summed E-state index contributed by atoms with van der Waals surface area (Å²) < 4.78 is 15.3. The van der Waals surface area contributed by atoms with Crippen LogP contribution in [0.5, 0.6) is 0 Å². The van der Waals surface area contributed by atoms with Crippen molar-refractivity contribution in [2.24, 2.45) is 7.05 Å². The van der Waals surface area contributed by atoms with E-state index in [4.69, 9.17) is 0 Å². The lowest BCUT2D eigenvalue weighted by Gasteiger charge is -2.36. The van der Waals surface area contributed by atoms with Crippen molar-refractivity contribution in [1.82, 2.24) is 14.4 Å². The number of halogens is 1. The molecule has 2 aliphatic rings. The molecule has 29 heavy (non-hydrogen) atoms. The second kappa shape index (κ2) is 8.55. The van der Waals surface area contributed by atoms with Gasteiger partial charge in [-0.2, -0.15) is 0 Å². The van der Waals surface area contributed by atoms with Crippen LogP contribution in [-0.4, -0.2) is 71.2 Å². The first-order valence-corrected chi connectivity index (χ1v) is 10.4. The van der Waals surface area contributed by atoms with Crippen molar-refractivity contribution in [3.63, 3.8) is 0 Å². The topological polar surface area (TPSA) is 52.0 Å². The summed E-state index contributed by atoms with van der Waals surface area (Å²) in [6.07, 6.45) is 2.73. The van der Waals surface area contributed by atoms with Gasteiger partial charge in [0.05, 0.1) is 17.4 Å². The summed E-state index contributed by atoms with van der Waals surface area (Å²) in [5, 5.41) is 10.4. The number of fused-ring (bicyclic) bond motifs is 1. The number of aryl methyl sites for hydroxylation is 1. The van der Waals surface area contributed by atoms with Gasteiger partial charge in [-0.15, -0.1) is 0 Å². The molecule has 1 fully saturated rings. The number of carbonyl (C=O) groups excluding carboxylic acids is 1. The monoisotopic (exact) mass is 400 g/mol. The molecule has 2 aromatic rings. The summed E-state index contributed by atoms with van der Waals surface area (Å²) in [5.41, 5.74) is 2.30. The average Bonchev–Trinajstić information content (AvgIpc) is 3.06. The molecule has 0 spiro atoms. The molecule has 0 aliphatic carbocycles. The first-order chi connectivity index (χ1) is 14.0. The Hall–Kier alpha value is -2.38. The van der Waals surface area contributed by atoms with Crippen molar-refractivity contribution in [3.8, 4) is 0 Å². The summed E-state index contributed by atoms with van der Waals surface area (Å²) in [7, 11) is 1.87. The van der Waals surface area contributed by atoms with Crippen molar-refractivity contribution in [1.29, 1.82) is 0 Å². The van der Waals surface area contributed by atoms with Gasteiger partial charge in [-0.3, -0.25) is 9.69 Å². The van der Waals surface area contributed by atoms with Gasteiger partial charge in [-0.1, -0.05) is 6.07 Å². The molecule has 2 aliphatic heterocycles. The van der Waals surface area contributed by atoms with Crippen LogP contribution < -0.4 is 4.90 Å². The lowest BCUT2D eigenvalue weighted by atomic mass is 10.1. The Morgan fingerprint density at radius 1 is 1.10 bits per heavy atom. The predicted octanol–water partition coefficient (Wildman–Crippen LogP) is 2.26. The van der Waals surface area contributed by atoms with Gasteiger partial charge in [-0.05, 0) is 43.7 Å².